The van der Waals surface area contributed by atoms with Gasteiger partial charge < -0.3 is 35.0 Å². The van der Waals surface area contributed by atoms with Crippen molar-refractivity contribution >= 4 is 28.1 Å². The summed E-state index contributed by atoms with van der Waals surface area (Å²) in [4.78, 5) is 40.2. The second-order valence-corrected chi connectivity index (χ2v) is 19.4. The topological polar surface area (TPSA) is 234 Å². The zero-order valence-corrected chi connectivity index (χ0v) is 31.2. The van der Waals surface area contributed by atoms with Crippen molar-refractivity contribution in [2.75, 3.05) is 0 Å². The van der Waals surface area contributed by atoms with Gasteiger partial charge in [-0.3, -0.25) is 14.1 Å². The summed E-state index contributed by atoms with van der Waals surface area (Å²) in [6, 6.07) is 0. The number of hydrogen-bond donors (Lipinski definition) is 6. The average Bonchev–Trinajstić information content (AvgIpc) is 3.00. The van der Waals surface area contributed by atoms with E-state index in [0.717, 1.165) is 5.57 Å². The molecule has 51 heavy (non-hydrogen) atoms. The van der Waals surface area contributed by atoms with Gasteiger partial charge in [-0.05, 0) is 97.9 Å². The summed E-state index contributed by atoms with van der Waals surface area (Å²) < 4.78 is 49.0. The van der Waals surface area contributed by atoms with Crippen molar-refractivity contribution in [3.63, 3.8) is 0 Å². The van der Waals surface area contributed by atoms with Gasteiger partial charge in [0.15, 0.2) is 11.9 Å². The summed E-state index contributed by atoms with van der Waals surface area (Å²) in [5.74, 6) is -3.42. The number of allylic oxidation sites excluding steroid dienone is 2. The molecule has 0 aromatic rings. The van der Waals surface area contributed by atoms with Crippen LogP contribution in [0, 0.1) is 50.2 Å². The maximum Gasteiger partial charge on any atom is 0.397 e. The average molecular weight is 743 g/mol. The van der Waals surface area contributed by atoms with Crippen LogP contribution in [0.3, 0.4) is 0 Å². The molecule has 1 heterocycles. The number of carboxylic acid groups (broad SMARTS) is 1. The van der Waals surface area contributed by atoms with E-state index in [2.05, 4.69) is 20.8 Å². The standard InChI is InChI=1S/C36H54O14S/c1-31(2)20-8-11-36(7)27(34(20,5)10-9-22(31)50-51(45,46)47)19(37)14-17-18-15-32(3,16-21(38)33(18,4)12-13-35(17,36)6)30(44)49-29-25(41)23(39)24(40)26(48-29)28(42)43/h14,18,20-27,29,38-41H,8-13,15-16H2,1-7H3,(H,42,43)(H,45,46,47)/t18-,20-,21-,22-,23-,24-,25+,26-,27+,29-,32+,33+,34-,35+,36+/m0/s1. The van der Waals surface area contributed by atoms with E-state index >= 15 is 0 Å². The number of hydrogen-bond acceptors (Lipinski definition) is 12. The summed E-state index contributed by atoms with van der Waals surface area (Å²) in [7, 11) is -4.68. The zero-order chi connectivity index (χ0) is 38.1. The van der Waals surface area contributed by atoms with Gasteiger partial charge in [0.25, 0.3) is 0 Å². The van der Waals surface area contributed by atoms with Crippen LogP contribution in [0.5, 0.6) is 0 Å². The van der Waals surface area contributed by atoms with Gasteiger partial charge in [-0.15, -0.1) is 0 Å². The Morgan fingerprint density at radius 3 is 2.12 bits per heavy atom. The molecule has 5 aliphatic carbocycles. The summed E-state index contributed by atoms with van der Waals surface area (Å²) in [6.07, 6.45) is -5.90. The van der Waals surface area contributed by atoms with Gasteiger partial charge in [0.2, 0.25) is 6.29 Å². The highest BCUT2D eigenvalue weighted by molar-refractivity contribution is 7.80. The molecule has 0 radical (unpaired) electrons. The number of aliphatic hydroxyl groups is 4. The van der Waals surface area contributed by atoms with Gasteiger partial charge >= 0.3 is 22.3 Å². The van der Waals surface area contributed by atoms with Crippen LogP contribution >= 0.6 is 0 Å². The SMILES string of the molecule is CC1(C)[C@@H](OS(=O)(=O)O)CC[C@]2(C)[C@H]3C(=O)C=C4[C@@H]5C[C@@](C)(C(=O)O[C@@H]6O[C@H](C(=O)O)[C@@H](O)[C@H](O)[C@H]6O)C[C@H](O)[C@]5(C)CC[C@@]4(C)[C@]3(C)CC[C@@H]12. The molecule has 6 aliphatic rings. The van der Waals surface area contributed by atoms with E-state index in [1.165, 1.54) is 0 Å². The molecule has 4 saturated carbocycles. The van der Waals surface area contributed by atoms with Crippen LogP contribution < -0.4 is 0 Å². The molecule has 288 valence electrons. The minimum Gasteiger partial charge on any atom is -0.479 e. The normalized spacial score (nSPS) is 50.8. The summed E-state index contributed by atoms with van der Waals surface area (Å²) >= 11 is 0. The highest BCUT2D eigenvalue weighted by atomic mass is 32.3. The van der Waals surface area contributed by atoms with Gasteiger partial charge in [0, 0.05) is 11.3 Å². The molecular weight excluding hydrogens is 688 g/mol. The Labute approximate surface area is 298 Å². The Kier molecular flexibility index (Phi) is 9.12. The lowest BCUT2D eigenvalue weighted by molar-refractivity contribution is -0.290. The van der Waals surface area contributed by atoms with Crippen molar-refractivity contribution in [2.24, 2.45) is 50.2 Å². The predicted octanol–water partition coefficient (Wildman–Crippen LogP) is 2.56. The Morgan fingerprint density at radius 1 is 0.863 bits per heavy atom. The maximum absolute atomic E-state index is 14.7. The van der Waals surface area contributed by atoms with Crippen LogP contribution in [0.2, 0.25) is 0 Å². The number of carboxylic acids is 1. The minimum atomic E-state index is -4.68. The molecule has 15 atom stereocenters. The fourth-order valence-electron chi connectivity index (χ4n) is 12.2. The van der Waals surface area contributed by atoms with E-state index in [0.29, 0.717) is 38.5 Å². The highest BCUT2D eigenvalue weighted by Gasteiger charge is 2.71. The van der Waals surface area contributed by atoms with Crippen LogP contribution in [0.15, 0.2) is 11.6 Å². The minimum absolute atomic E-state index is 0.00531. The van der Waals surface area contributed by atoms with Gasteiger partial charge in [-0.2, -0.15) is 8.42 Å². The lowest BCUT2D eigenvalue weighted by atomic mass is 9.33. The number of carbonyl (C=O) groups is 3. The highest BCUT2D eigenvalue weighted by Crippen LogP contribution is 2.75. The van der Waals surface area contributed by atoms with Crippen LogP contribution in [0.25, 0.3) is 0 Å². The summed E-state index contributed by atoms with van der Waals surface area (Å²) in [6.45, 7) is 14.0. The lowest BCUT2D eigenvalue weighted by Gasteiger charge is -2.70. The number of ketones is 1. The van der Waals surface area contributed by atoms with Crippen LogP contribution in [-0.4, -0.2) is 99.1 Å². The molecule has 0 aromatic carbocycles. The molecule has 0 spiro atoms. The van der Waals surface area contributed by atoms with Crippen molar-refractivity contribution in [2.45, 2.75) is 143 Å². The first-order valence-electron chi connectivity index (χ1n) is 18.0. The fourth-order valence-corrected chi connectivity index (χ4v) is 12.8. The van der Waals surface area contributed by atoms with Gasteiger partial charge in [0.1, 0.15) is 18.3 Å². The van der Waals surface area contributed by atoms with Gasteiger partial charge in [-0.25, -0.2) is 8.98 Å². The molecule has 0 amide bonds. The van der Waals surface area contributed by atoms with Crippen LogP contribution in [0.4, 0.5) is 0 Å². The van der Waals surface area contributed by atoms with E-state index in [1.807, 2.05) is 20.8 Å². The second-order valence-electron chi connectivity index (χ2n) is 18.3. The first-order chi connectivity index (χ1) is 23.3. The molecule has 14 nitrogen and oxygen atoms in total. The lowest BCUT2D eigenvalue weighted by Crippen LogP contribution is -2.67. The first-order valence-corrected chi connectivity index (χ1v) is 19.4. The monoisotopic (exact) mass is 742 g/mol. The molecule has 0 aromatic heterocycles. The van der Waals surface area contributed by atoms with Crippen LogP contribution in [-0.2, 0) is 38.4 Å². The zero-order valence-electron chi connectivity index (χ0n) is 30.4. The van der Waals surface area contributed by atoms with Crippen molar-refractivity contribution in [3.05, 3.63) is 11.6 Å². The van der Waals surface area contributed by atoms with Crippen molar-refractivity contribution in [1.82, 2.24) is 0 Å². The van der Waals surface area contributed by atoms with Crippen LogP contribution in [0.1, 0.15) is 99.8 Å². The Hall–Kier alpha value is -1.98. The van der Waals surface area contributed by atoms with Crippen molar-refractivity contribution in [3.8, 4) is 0 Å². The number of esters is 1. The van der Waals surface area contributed by atoms with E-state index < -0.39 is 110 Å². The quantitative estimate of drug-likeness (QED) is 0.176. The third-order valence-electron chi connectivity index (χ3n) is 15.4. The fraction of sp³-hybridized carbons (Fsp3) is 0.861. The molecule has 15 heteroatoms. The molecule has 1 saturated heterocycles. The molecule has 5 fully saturated rings. The summed E-state index contributed by atoms with van der Waals surface area (Å²) in [5, 5.41) is 52.1. The van der Waals surface area contributed by atoms with Gasteiger partial charge in [0.05, 0.1) is 17.6 Å². The van der Waals surface area contributed by atoms with E-state index in [4.69, 9.17) is 13.7 Å². The first kappa shape index (κ1) is 38.7. The molecule has 6 rings (SSSR count). The molecule has 1 aliphatic heterocycles. The number of aliphatic hydroxyl groups excluding tert-OH is 4. The Balaban J connectivity index is 1.33. The number of aliphatic carboxylic acids is 1. The third-order valence-corrected chi connectivity index (χ3v) is 15.8. The van der Waals surface area contributed by atoms with E-state index in [1.54, 1.807) is 13.0 Å². The third kappa shape index (κ3) is 5.58. The smallest absolute Gasteiger partial charge is 0.397 e. The summed E-state index contributed by atoms with van der Waals surface area (Å²) in [5.41, 5.74) is -3.35. The maximum atomic E-state index is 14.7. The Morgan fingerprint density at radius 2 is 1.51 bits per heavy atom. The van der Waals surface area contributed by atoms with Crippen molar-refractivity contribution < 1.29 is 66.5 Å². The number of fused-ring (bicyclic) bond motifs is 7. The number of carbonyl (C=O) groups excluding carboxylic acids is 2. The molecule has 0 bridgehead atoms. The predicted molar refractivity (Wildman–Crippen MR) is 178 cm³/mol. The molecule has 6 N–H and O–H groups in total. The van der Waals surface area contributed by atoms with E-state index in [9.17, 15) is 52.9 Å². The number of rotatable bonds is 5. The largest absolute Gasteiger partial charge is 0.479 e. The Bertz CT molecular complexity index is 1630. The number of ether oxygens (including phenoxy) is 2. The van der Waals surface area contributed by atoms with E-state index in [-0.39, 0.29) is 24.5 Å². The molecule has 0 unspecified atom stereocenters. The van der Waals surface area contributed by atoms with Gasteiger partial charge in [-0.1, -0.05) is 47.1 Å². The second kappa shape index (κ2) is 12.0. The molecular formula is C36H54O14S. The van der Waals surface area contributed by atoms with Crippen molar-refractivity contribution in [1.29, 1.82) is 0 Å².